The Balaban J connectivity index is 1.59. The third-order valence-corrected chi connectivity index (χ3v) is 5.45. The van der Waals surface area contributed by atoms with Crippen molar-refractivity contribution in [3.8, 4) is 0 Å². The number of rotatable bonds is 3. The SMILES string of the molecule is CC(C)C(=O)N1CCc2nc(NC(=O)NC3CCCC3)sc2C1. The number of urea groups is 1. The first-order chi connectivity index (χ1) is 11.0. The monoisotopic (exact) mass is 336 g/mol. The first-order valence-corrected chi connectivity index (χ1v) is 9.19. The third-order valence-electron chi connectivity index (χ3n) is 4.45. The number of anilines is 1. The van der Waals surface area contributed by atoms with Crippen molar-refractivity contribution in [3.05, 3.63) is 10.6 Å². The molecule has 1 saturated carbocycles. The van der Waals surface area contributed by atoms with Crippen LogP contribution in [0, 0.1) is 5.92 Å². The van der Waals surface area contributed by atoms with Crippen LogP contribution in [0.25, 0.3) is 0 Å². The molecule has 3 rings (SSSR count). The fourth-order valence-corrected chi connectivity index (χ4v) is 4.21. The van der Waals surface area contributed by atoms with Crippen molar-refractivity contribution >= 4 is 28.4 Å². The number of amides is 3. The molecule has 2 aliphatic rings. The van der Waals surface area contributed by atoms with Gasteiger partial charge in [0.25, 0.3) is 0 Å². The molecule has 0 atom stereocenters. The van der Waals surface area contributed by atoms with Gasteiger partial charge in [0.2, 0.25) is 5.91 Å². The molecular weight excluding hydrogens is 312 g/mol. The quantitative estimate of drug-likeness (QED) is 0.891. The third kappa shape index (κ3) is 3.83. The molecule has 6 nitrogen and oxygen atoms in total. The average Bonchev–Trinajstić information content (AvgIpc) is 3.14. The van der Waals surface area contributed by atoms with Crippen LogP contribution in [0.3, 0.4) is 0 Å². The zero-order valence-electron chi connectivity index (χ0n) is 13.7. The van der Waals surface area contributed by atoms with Crippen LogP contribution in [-0.4, -0.2) is 34.4 Å². The van der Waals surface area contributed by atoms with E-state index in [1.807, 2.05) is 18.7 Å². The van der Waals surface area contributed by atoms with Gasteiger partial charge in [-0.3, -0.25) is 10.1 Å². The van der Waals surface area contributed by atoms with E-state index in [9.17, 15) is 9.59 Å². The minimum Gasteiger partial charge on any atom is -0.337 e. The molecule has 0 bridgehead atoms. The molecule has 0 radical (unpaired) electrons. The van der Waals surface area contributed by atoms with Gasteiger partial charge in [-0.15, -0.1) is 0 Å². The highest BCUT2D eigenvalue weighted by Crippen LogP contribution is 2.29. The number of hydrogen-bond donors (Lipinski definition) is 2. The van der Waals surface area contributed by atoms with Crippen LogP contribution in [-0.2, 0) is 17.8 Å². The number of thiazole rings is 1. The predicted molar refractivity (Wildman–Crippen MR) is 90.5 cm³/mol. The lowest BCUT2D eigenvalue weighted by atomic mass is 10.1. The lowest BCUT2D eigenvalue weighted by molar-refractivity contribution is -0.135. The molecule has 23 heavy (non-hydrogen) atoms. The van der Waals surface area contributed by atoms with E-state index in [2.05, 4.69) is 15.6 Å². The van der Waals surface area contributed by atoms with Crippen molar-refractivity contribution in [3.63, 3.8) is 0 Å². The molecule has 3 amide bonds. The summed E-state index contributed by atoms with van der Waals surface area (Å²) in [5, 5.41) is 6.48. The Kier molecular flexibility index (Phi) is 4.84. The normalized spacial score (nSPS) is 18.1. The molecule has 1 aromatic rings. The Hall–Kier alpha value is -1.63. The first kappa shape index (κ1) is 16.2. The van der Waals surface area contributed by atoms with Gasteiger partial charge in [-0.25, -0.2) is 9.78 Å². The zero-order valence-corrected chi connectivity index (χ0v) is 14.5. The molecule has 1 fully saturated rings. The van der Waals surface area contributed by atoms with E-state index in [0.717, 1.165) is 29.8 Å². The summed E-state index contributed by atoms with van der Waals surface area (Å²) in [4.78, 5) is 31.6. The highest BCUT2D eigenvalue weighted by Gasteiger charge is 2.26. The first-order valence-electron chi connectivity index (χ1n) is 8.38. The molecule has 7 heteroatoms. The smallest absolute Gasteiger partial charge is 0.321 e. The average molecular weight is 336 g/mol. The van der Waals surface area contributed by atoms with Crippen LogP contribution in [0.4, 0.5) is 9.93 Å². The molecule has 0 spiro atoms. The van der Waals surface area contributed by atoms with E-state index in [-0.39, 0.29) is 17.9 Å². The van der Waals surface area contributed by atoms with Crippen LogP contribution in [0.2, 0.25) is 0 Å². The summed E-state index contributed by atoms with van der Waals surface area (Å²) in [7, 11) is 0. The molecule has 0 aromatic carbocycles. The summed E-state index contributed by atoms with van der Waals surface area (Å²) in [6.45, 7) is 5.16. The van der Waals surface area contributed by atoms with Gasteiger partial charge < -0.3 is 10.2 Å². The number of nitrogens with zero attached hydrogens (tertiary/aromatic N) is 2. The Labute approximate surface area is 140 Å². The van der Waals surface area contributed by atoms with Gasteiger partial charge in [-0.05, 0) is 12.8 Å². The van der Waals surface area contributed by atoms with Crippen molar-refractivity contribution in [2.75, 3.05) is 11.9 Å². The Morgan fingerprint density at radius 3 is 2.74 bits per heavy atom. The van der Waals surface area contributed by atoms with Gasteiger partial charge in [-0.2, -0.15) is 0 Å². The van der Waals surface area contributed by atoms with Crippen molar-refractivity contribution in [1.82, 2.24) is 15.2 Å². The van der Waals surface area contributed by atoms with Crippen molar-refractivity contribution in [2.45, 2.75) is 58.5 Å². The fraction of sp³-hybridized carbons (Fsp3) is 0.688. The van der Waals surface area contributed by atoms with Crippen LogP contribution in [0.15, 0.2) is 0 Å². The summed E-state index contributed by atoms with van der Waals surface area (Å²) >= 11 is 1.48. The number of carbonyl (C=O) groups is 2. The van der Waals surface area contributed by atoms with Crippen molar-refractivity contribution in [2.24, 2.45) is 5.92 Å². The van der Waals surface area contributed by atoms with E-state index in [1.54, 1.807) is 0 Å². The number of carbonyl (C=O) groups excluding carboxylic acids is 2. The summed E-state index contributed by atoms with van der Waals surface area (Å²) in [6, 6.07) is 0.127. The molecule has 1 aromatic heterocycles. The van der Waals surface area contributed by atoms with Crippen LogP contribution in [0.5, 0.6) is 0 Å². The van der Waals surface area contributed by atoms with Gasteiger partial charge in [0.15, 0.2) is 5.13 Å². The number of nitrogens with one attached hydrogen (secondary N) is 2. The summed E-state index contributed by atoms with van der Waals surface area (Å²) in [6.07, 6.45) is 5.27. The molecular formula is C16H24N4O2S. The fourth-order valence-electron chi connectivity index (χ4n) is 3.19. The second-order valence-electron chi connectivity index (χ2n) is 6.63. The topological polar surface area (TPSA) is 74.3 Å². The van der Waals surface area contributed by atoms with E-state index < -0.39 is 0 Å². The van der Waals surface area contributed by atoms with E-state index in [4.69, 9.17) is 0 Å². The molecule has 1 aliphatic carbocycles. The van der Waals surface area contributed by atoms with Crippen molar-refractivity contribution in [1.29, 1.82) is 0 Å². The maximum absolute atomic E-state index is 12.1. The molecule has 0 unspecified atom stereocenters. The zero-order chi connectivity index (χ0) is 16.4. The van der Waals surface area contributed by atoms with E-state index in [0.29, 0.717) is 24.3 Å². The van der Waals surface area contributed by atoms with E-state index >= 15 is 0 Å². The maximum atomic E-state index is 12.1. The predicted octanol–water partition coefficient (Wildman–Crippen LogP) is 2.75. The lowest BCUT2D eigenvalue weighted by Crippen LogP contribution is -2.37. The molecule has 126 valence electrons. The number of fused-ring (bicyclic) bond motifs is 1. The standard InChI is InChI=1S/C16H24N4O2S/c1-10(2)14(21)20-8-7-12-13(9-20)23-16(18-12)19-15(22)17-11-5-3-4-6-11/h10-11H,3-9H2,1-2H3,(H2,17,18,19,22). The van der Waals surface area contributed by atoms with Crippen LogP contribution >= 0.6 is 11.3 Å². The van der Waals surface area contributed by atoms with Gasteiger partial charge in [-0.1, -0.05) is 38.0 Å². The second kappa shape index (κ2) is 6.86. The maximum Gasteiger partial charge on any atom is 0.321 e. The number of hydrogen-bond acceptors (Lipinski definition) is 4. The molecule has 1 aliphatic heterocycles. The minimum absolute atomic E-state index is 0.0132. The van der Waals surface area contributed by atoms with Gasteiger partial charge in [0, 0.05) is 29.8 Å². The number of aromatic nitrogens is 1. The van der Waals surface area contributed by atoms with Crippen molar-refractivity contribution < 1.29 is 9.59 Å². The Morgan fingerprint density at radius 2 is 2.04 bits per heavy atom. The second-order valence-corrected chi connectivity index (χ2v) is 7.72. The van der Waals surface area contributed by atoms with E-state index in [1.165, 1.54) is 24.2 Å². The highest BCUT2D eigenvalue weighted by atomic mass is 32.1. The Morgan fingerprint density at radius 1 is 1.30 bits per heavy atom. The summed E-state index contributed by atoms with van der Waals surface area (Å²) < 4.78 is 0. The molecule has 2 N–H and O–H groups in total. The summed E-state index contributed by atoms with van der Waals surface area (Å²) in [5.41, 5.74) is 1.01. The largest absolute Gasteiger partial charge is 0.337 e. The van der Waals surface area contributed by atoms with Gasteiger partial charge in [0.1, 0.15) is 0 Å². The Bertz CT molecular complexity index is 593. The van der Waals surface area contributed by atoms with Crippen LogP contribution < -0.4 is 10.6 Å². The highest BCUT2D eigenvalue weighted by molar-refractivity contribution is 7.15. The molecule has 2 heterocycles. The minimum atomic E-state index is -0.168. The van der Waals surface area contributed by atoms with Crippen LogP contribution in [0.1, 0.15) is 50.1 Å². The molecule has 0 saturated heterocycles. The lowest BCUT2D eigenvalue weighted by Gasteiger charge is -2.27. The summed E-state index contributed by atoms with van der Waals surface area (Å²) in [5.74, 6) is 0.191. The van der Waals surface area contributed by atoms with Gasteiger partial charge >= 0.3 is 6.03 Å². The van der Waals surface area contributed by atoms with Gasteiger partial charge in [0.05, 0.1) is 12.2 Å².